The van der Waals surface area contributed by atoms with E-state index in [1.807, 2.05) is 0 Å². The molecule has 0 aromatic rings. The summed E-state index contributed by atoms with van der Waals surface area (Å²) in [6.07, 6.45) is -0.746. The zero-order chi connectivity index (χ0) is 11.6. The summed E-state index contributed by atoms with van der Waals surface area (Å²) in [5.41, 5.74) is 0. The second-order valence-corrected chi connectivity index (χ2v) is 3.24. The van der Waals surface area contributed by atoms with Gasteiger partial charge in [0.15, 0.2) is 6.29 Å². The van der Waals surface area contributed by atoms with Crippen molar-refractivity contribution < 1.29 is 23.9 Å². The van der Waals surface area contributed by atoms with Gasteiger partial charge in [0.25, 0.3) is 0 Å². The molecule has 1 rings (SSSR count). The van der Waals surface area contributed by atoms with Crippen LogP contribution in [0.4, 0.5) is 0 Å². The fourth-order valence-electron chi connectivity index (χ4n) is 1.76. The van der Waals surface area contributed by atoms with Gasteiger partial charge in [-0.05, 0) is 0 Å². The Balaban J connectivity index is 2.72. The van der Waals surface area contributed by atoms with Crippen molar-refractivity contribution in [1.29, 1.82) is 0 Å². The Morgan fingerprint density at radius 2 is 1.87 bits per heavy atom. The summed E-state index contributed by atoms with van der Waals surface area (Å²) in [5, 5.41) is 10.6. The number of ether oxygens (including phenoxy) is 3. The van der Waals surface area contributed by atoms with Crippen molar-refractivity contribution in [3.8, 4) is 0 Å². The molecule has 0 N–H and O–H groups in total. The third kappa shape index (κ3) is 2.07. The fourth-order valence-corrected chi connectivity index (χ4v) is 1.76. The van der Waals surface area contributed by atoms with Gasteiger partial charge in [0.1, 0.15) is 5.92 Å². The molecule has 15 heavy (non-hydrogen) atoms. The Bertz CT molecular complexity index is 264. The molecule has 3 atom stereocenters. The smallest absolute Gasteiger partial charge is 0.316 e. The van der Waals surface area contributed by atoms with E-state index >= 15 is 0 Å². The normalized spacial score (nSPS) is 28.9. The summed E-state index contributed by atoms with van der Waals surface area (Å²) >= 11 is 0. The topological polar surface area (TPSA) is 87.9 Å². The van der Waals surface area contributed by atoms with E-state index in [4.69, 9.17) is 9.47 Å². The number of methoxy groups -OCH3 is 3. The Morgan fingerprint density at radius 3 is 2.20 bits per heavy atom. The van der Waals surface area contributed by atoms with Crippen LogP contribution in [0.15, 0.2) is 0 Å². The zero-order valence-corrected chi connectivity index (χ0v) is 8.71. The molecule has 0 radical (unpaired) electrons. The van der Waals surface area contributed by atoms with Crippen LogP contribution >= 0.6 is 0 Å². The minimum absolute atomic E-state index is 0.503. The zero-order valence-electron chi connectivity index (χ0n) is 8.71. The highest BCUT2D eigenvalue weighted by molar-refractivity contribution is 5.77. The summed E-state index contributed by atoms with van der Waals surface area (Å²) < 4.78 is 14.3. The maximum Gasteiger partial charge on any atom is 0.316 e. The number of esters is 1. The van der Waals surface area contributed by atoms with E-state index in [1.165, 1.54) is 21.3 Å². The van der Waals surface area contributed by atoms with Crippen molar-refractivity contribution in [2.75, 3.05) is 21.3 Å². The number of nitro groups is 1. The highest BCUT2D eigenvalue weighted by Crippen LogP contribution is 2.45. The number of carbonyl (C=O) groups excluding carboxylic acids is 1. The minimum Gasteiger partial charge on any atom is -0.469 e. The number of carbonyl (C=O) groups is 1. The maximum absolute atomic E-state index is 11.2. The first-order valence-corrected chi connectivity index (χ1v) is 4.35. The average molecular weight is 219 g/mol. The predicted molar refractivity (Wildman–Crippen MR) is 47.6 cm³/mol. The summed E-state index contributed by atoms with van der Waals surface area (Å²) in [6, 6.07) is -0.970. The largest absolute Gasteiger partial charge is 0.469 e. The van der Waals surface area contributed by atoms with Crippen molar-refractivity contribution in [3.63, 3.8) is 0 Å². The van der Waals surface area contributed by atoms with Crippen molar-refractivity contribution in [1.82, 2.24) is 0 Å². The molecule has 0 unspecified atom stereocenters. The molecule has 0 heterocycles. The molecule has 0 spiro atoms. The number of rotatable bonds is 5. The lowest BCUT2D eigenvalue weighted by Crippen LogP contribution is -2.20. The van der Waals surface area contributed by atoms with Crippen molar-refractivity contribution in [2.45, 2.75) is 12.3 Å². The third-order valence-electron chi connectivity index (χ3n) is 2.53. The second-order valence-electron chi connectivity index (χ2n) is 3.24. The lowest BCUT2D eigenvalue weighted by atomic mass is 10.3. The SMILES string of the molecule is COC(=O)[C@H]1[C@@H](C(OC)OC)[C@@H]1[N+](=O)[O-]. The molecule has 0 saturated heterocycles. The Kier molecular flexibility index (Phi) is 3.59. The van der Waals surface area contributed by atoms with Crippen LogP contribution < -0.4 is 0 Å². The first-order valence-electron chi connectivity index (χ1n) is 4.35. The first-order chi connectivity index (χ1) is 7.08. The molecule has 1 aliphatic rings. The van der Waals surface area contributed by atoms with Crippen LogP contribution in [0.1, 0.15) is 0 Å². The third-order valence-corrected chi connectivity index (χ3v) is 2.53. The molecule has 0 amide bonds. The Morgan fingerprint density at radius 1 is 1.33 bits per heavy atom. The van der Waals surface area contributed by atoms with Gasteiger partial charge in [0, 0.05) is 19.1 Å². The summed E-state index contributed by atoms with van der Waals surface area (Å²) in [4.78, 5) is 21.3. The van der Waals surface area contributed by atoms with E-state index in [1.54, 1.807) is 0 Å². The van der Waals surface area contributed by atoms with Crippen molar-refractivity contribution in [3.05, 3.63) is 10.1 Å². The minimum atomic E-state index is -0.970. The number of hydrogen-bond acceptors (Lipinski definition) is 6. The highest BCUT2D eigenvalue weighted by atomic mass is 16.7. The van der Waals surface area contributed by atoms with Gasteiger partial charge in [-0.2, -0.15) is 0 Å². The van der Waals surface area contributed by atoms with E-state index < -0.39 is 35.1 Å². The van der Waals surface area contributed by atoms with E-state index in [-0.39, 0.29) is 0 Å². The van der Waals surface area contributed by atoms with Gasteiger partial charge in [-0.15, -0.1) is 0 Å². The predicted octanol–water partition coefficient (Wildman–Crippen LogP) is -0.330. The Labute approximate surface area is 86.4 Å². The summed E-state index contributed by atoms with van der Waals surface area (Å²) in [5.74, 6) is -1.93. The second kappa shape index (κ2) is 4.54. The molecule has 0 aliphatic heterocycles. The molecule has 0 aromatic heterocycles. The van der Waals surface area contributed by atoms with Gasteiger partial charge in [0.2, 0.25) is 6.04 Å². The van der Waals surface area contributed by atoms with Crippen LogP contribution in [-0.2, 0) is 19.0 Å². The van der Waals surface area contributed by atoms with Gasteiger partial charge in [-0.3, -0.25) is 14.9 Å². The van der Waals surface area contributed by atoms with Crippen LogP contribution in [0.2, 0.25) is 0 Å². The van der Waals surface area contributed by atoms with Gasteiger partial charge in [0.05, 0.1) is 13.0 Å². The van der Waals surface area contributed by atoms with Gasteiger partial charge in [-0.1, -0.05) is 0 Å². The monoisotopic (exact) mass is 219 g/mol. The molecule has 1 aliphatic carbocycles. The molecule has 1 fully saturated rings. The average Bonchev–Trinajstić information content (AvgIpc) is 2.94. The van der Waals surface area contributed by atoms with Crippen LogP contribution in [0.3, 0.4) is 0 Å². The maximum atomic E-state index is 11.2. The molecular weight excluding hydrogens is 206 g/mol. The molecule has 0 bridgehead atoms. The van der Waals surface area contributed by atoms with Crippen molar-refractivity contribution in [2.24, 2.45) is 11.8 Å². The Hall–Kier alpha value is -1.21. The fraction of sp³-hybridized carbons (Fsp3) is 0.875. The first kappa shape index (κ1) is 11.9. The number of hydrogen-bond donors (Lipinski definition) is 0. The summed E-state index contributed by atoms with van der Waals surface area (Å²) in [6.45, 7) is 0. The van der Waals surface area contributed by atoms with Gasteiger partial charge < -0.3 is 14.2 Å². The van der Waals surface area contributed by atoms with Crippen LogP contribution in [0, 0.1) is 22.0 Å². The lowest BCUT2D eigenvalue weighted by Gasteiger charge is -2.10. The van der Waals surface area contributed by atoms with E-state index in [0.29, 0.717) is 0 Å². The standard InChI is InChI=1S/C8H13NO6/c1-13-7(10)4-5(6(4)9(11)12)8(14-2)15-3/h4-6,8H,1-3H3/t4-,5+,6+/m0/s1. The van der Waals surface area contributed by atoms with E-state index in [9.17, 15) is 14.9 Å². The molecule has 86 valence electrons. The molecule has 7 heteroatoms. The lowest BCUT2D eigenvalue weighted by molar-refractivity contribution is -0.503. The van der Waals surface area contributed by atoms with Crippen LogP contribution in [-0.4, -0.2) is 44.6 Å². The van der Waals surface area contributed by atoms with Gasteiger partial charge >= 0.3 is 5.97 Å². The quantitative estimate of drug-likeness (QED) is 0.272. The van der Waals surface area contributed by atoms with E-state index in [0.717, 1.165) is 0 Å². The molecule has 7 nitrogen and oxygen atoms in total. The molecule has 1 saturated carbocycles. The molecule has 0 aromatic carbocycles. The van der Waals surface area contributed by atoms with Crippen molar-refractivity contribution >= 4 is 5.97 Å². The highest BCUT2D eigenvalue weighted by Gasteiger charge is 2.69. The van der Waals surface area contributed by atoms with Gasteiger partial charge in [-0.25, -0.2) is 0 Å². The summed E-state index contributed by atoms with van der Waals surface area (Å²) in [7, 11) is 3.94. The number of nitrogens with zero attached hydrogens (tertiary/aromatic N) is 1. The van der Waals surface area contributed by atoms with Crippen LogP contribution in [0.25, 0.3) is 0 Å². The van der Waals surface area contributed by atoms with Crippen LogP contribution in [0.5, 0.6) is 0 Å². The molecular formula is C8H13NO6. The van der Waals surface area contributed by atoms with E-state index in [2.05, 4.69) is 4.74 Å².